The van der Waals surface area contributed by atoms with Gasteiger partial charge in [0, 0.05) is 12.0 Å². The number of nitrogens with zero attached hydrogens (tertiary/aromatic N) is 3. The lowest BCUT2D eigenvalue weighted by atomic mass is 10.1. The van der Waals surface area contributed by atoms with Gasteiger partial charge in [-0.15, -0.1) is 0 Å². The molecule has 0 atom stereocenters. The standard InChI is InChI=1S/C21H16N4O2/c1-13-6-7-15(9-17-8-14(2)21(26)25-24-17)10-20(13)27-19-5-3-4-16(11-22)18(19)12-23/h3-8,10H,9H2,1-2H3,(H,25,26). The van der Waals surface area contributed by atoms with E-state index in [0.717, 1.165) is 16.8 Å². The number of benzene rings is 2. The maximum absolute atomic E-state index is 11.5. The summed E-state index contributed by atoms with van der Waals surface area (Å²) < 4.78 is 5.94. The highest BCUT2D eigenvalue weighted by atomic mass is 16.5. The second-order valence-corrected chi connectivity index (χ2v) is 6.15. The Morgan fingerprint density at radius 3 is 2.56 bits per heavy atom. The van der Waals surface area contributed by atoms with Gasteiger partial charge in [-0.3, -0.25) is 4.79 Å². The Morgan fingerprint density at radius 2 is 1.85 bits per heavy atom. The molecule has 0 saturated heterocycles. The van der Waals surface area contributed by atoms with Crippen molar-refractivity contribution in [3.05, 3.63) is 86.3 Å². The molecule has 27 heavy (non-hydrogen) atoms. The first kappa shape index (κ1) is 17.9. The third kappa shape index (κ3) is 3.86. The van der Waals surface area contributed by atoms with E-state index in [1.54, 1.807) is 31.2 Å². The molecule has 0 amide bonds. The minimum atomic E-state index is -0.201. The molecule has 0 radical (unpaired) electrons. The number of rotatable bonds is 4. The molecule has 1 heterocycles. The predicted molar refractivity (Wildman–Crippen MR) is 99.5 cm³/mol. The first-order valence-corrected chi connectivity index (χ1v) is 8.27. The number of H-pyrrole nitrogens is 1. The van der Waals surface area contributed by atoms with E-state index >= 15 is 0 Å². The minimum absolute atomic E-state index is 0.201. The zero-order valence-electron chi connectivity index (χ0n) is 14.9. The smallest absolute Gasteiger partial charge is 0.267 e. The van der Waals surface area contributed by atoms with Crippen LogP contribution in [0.25, 0.3) is 0 Å². The fourth-order valence-corrected chi connectivity index (χ4v) is 2.67. The first-order chi connectivity index (χ1) is 13.0. The quantitative estimate of drug-likeness (QED) is 0.770. The summed E-state index contributed by atoms with van der Waals surface area (Å²) >= 11 is 0. The van der Waals surface area contributed by atoms with E-state index < -0.39 is 0 Å². The van der Waals surface area contributed by atoms with Crippen LogP contribution in [0, 0.1) is 36.5 Å². The molecule has 3 rings (SSSR count). The van der Waals surface area contributed by atoms with Crippen molar-refractivity contribution in [2.24, 2.45) is 0 Å². The normalized spacial score (nSPS) is 10.1. The molecule has 0 fully saturated rings. The third-order valence-corrected chi connectivity index (χ3v) is 4.16. The number of nitrogens with one attached hydrogen (secondary N) is 1. The van der Waals surface area contributed by atoms with E-state index in [1.165, 1.54) is 0 Å². The predicted octanol–water partition coefficient (Wildman–Crippen LogP) is 3.51. The summed E-state index contributed by atoms with van der Waals surface area (Å²) in [7, 11) is 0. The van der Waals surface area contributed by atoms with Gasteiger partial charge in [0.1, 0.15) is 29.2 Å². The van der Waals surface area contributed by atoms with Crippen molar-refractivity contribution >= 4 is 0 Å². The summed E-state index contributed by atoms with van der Waals surface area (Å²) in [5.41, 5.74) is 3.48. The summed E-state index contributed by atoms with van der Waals surface area (Å²) in [6, 6.07) is 16.5. The minimum Gasteiger partial charge on any atom is -0.456 e. The second kappa shape index (κ2) is 7.55. The lowest BCUT2D eigenvalue weighted by Gasteiger charge is -2.12. The Hall–Kier alpha value is -3.90. The van der Waals surface area contributed by atoms with Crippen LogP contribution in [0.5, 0.6) is 11.5 Å². The Kier molecular flexibility index (Phi) is 5.01. The number of hydrogen-bond donors (Lipinski definition) is 1. The molecule has 0 aliphatic carbocycles. The van der Waals surface area contributed by atoms with Gasteiger partial charge in [-0.2, -0.15) is 15.6 Å². The number of ether oxygens (including phenoxy) is 1. The third-order valence-electron chi connectivity index (χ3n) is 4.16. The van der Waals surface area contributed by atoms with E-state index in [4.69, 9.17) is 10.00 Å². The molecule has 6 heteroatoms. The molecule has 3 aromatic rings. The van der Waals surface area contributed by atoms with Gasteiger partial charge >= 0.3 is 0 Å². The molecule has 0 bridgehead atoms. The van der Waals surface area contributed by atoms with E-state index in [0.29, 0.717) is 23.5 Å². The average molecular weight is 356 g/mol. The van der Waals surface area contributed by atoms with Gasteiger partial charge in [0.25, 0.3) is 5.56 Å². The van der Waals surface area contributed by atoms with Crippen LogP contribution in [0.3, 0.4) is 0 Å². The fourth-order valence-electron chi connectivity index (χ4n) is 2.67. The largest absolute Gasteiger partial charge is 0.456 e. The van der Waals surface area contributed by atoms with Gasteiger partial charge in [-0.05, 0) is 49.2 Å². The summed E-state index contributed by atoms with van der Waals surface area (Å²) in [6.45, 7) is 3.64. The molecule has 1 aromatic heterocycles. The number of aromatic nitrogens is 2. The van der Waals surface area contributed by atoms with Crippen LogP contribution >= 0.6 is 0 Å². The van der Waals surface area contributed by atoms with Crippen molar-refractivity contribution in [3.8, 4) is 23.6 Å². The zero-order valence-corrected chi connectivity index (χ0v) is 14.9. The van der Waals surface area contributed by atoms with Crippen LogP contribution in [-0.2, 0) is 6.42 Å². The van der Waals surface area contributed by atoms with Gasteiger partial charge in [0.05, 0.1) is 11.3 Å². The van der Waals surface area contributed by atoms with Crippen molar-refractivity contribution in [2.45, 2.75) is 20.3 Å². The van der Waals surface area contributed by atoms with Crippen molar-refractivity contribution in [1.82, 2.24) is 10.2 Å². The van der Waals surface area contributed by atoms with E-state index in [9.17, 15) is 10.1 Å². The highest BCUT2D eigenvalue weighted by Crippen LogP contribution is 2.30. The van der Waals surface area contributed by atoms with E-state index in [1.807, 2.05) is 37.3 Å². The molecular weight excluding hydrogens is 340 g/mol. The Bertz CT molecular complexity index is 1150. The van der Waals surface area contributed by atoms with Gasteiger partial charge < -0.3 is 4.74 Å². The van der Waals surface area contributed by atoms with Crippen LogP contribution in [0.4, 0.5) is 0 Å². The molecule has 6 nitrogen and oxygen atoms in total. The van der Waals surface area contributed by atoms with Gasteiger partial charge in [-0.25, -0.2) is 5.10 Å². The lowest BCUT2D eigenvalue weighted by Crippen LogP contribution is -2.12. The van der Waals surface area contributed by atoms with Crippen LogP contribution in [0.2, 0.25) is 0 Å². The Morgan fingerprint density at radius 1 is 1.04 bits per heavy atom. The molecular formula is C21H16N4O2. The van der Waals surface area contributed by atoms with Crippen molar-refractivity contribution < 1.29 is 4.74 Å². The fraction of sp³-hybridized carbons (Fsp3) is 0.143. The van der Waals surface area contributed by atoms with Crippen LogP contribution in [0.15, 0.2) is 47.3 Å². The molecule has 0 saturated carbocycles. The number of nitriles is 2. The number of aromatic amines is 1. The topological polar surface area (TPSA) is 103 Å². The monoisotopic (exact) mass is 356 g/mol. The number of aryl methyl sites for hydroxylation is 2. The highest BCUT2D eigenvalue weighted by Gasteiger charge is 2.12. The Balaban J connectivity index is 1.93. The second-order valence-electron chi connectivity index (χ2n) is 6.15. The highest BCUT2D eigenvalue weighted by molar-refractivity contribution is 5.55. The Labute approximate surface area is 156 Å². The van der Waals surface area contributed by atoms with Crippen LogP contribution in [0.1, 0.15) is 33.5 Å². The molecule has 0 spiro atoms. The van der Waals surface area contributed by atoms with Crippen molar-refractivity contribution in [2.75, 3.05) is 0 Å². The lowest BCUT2D eigenvalue weighted by molar-refractivity contribution is 0.476. The first-order valence-electron chi connectivity index (χ1n) is 8.27. The van der Waals surface area contributed by atoms with Gasteiger partial charge in [0.2, 0.25) is 0 Å². The summed E-state index contributed by atoms with van der Waals surface area (Å²) in [5, 5.41) is 25.1. The zero-order chi connectivity index (χ0) is 19.4. The maximum atomic E-state index is 11.5. The van der Waals surface area contributed by atoms with Crippen molar-refractivity contribution in [1.29, 1.82) is 10.5 Å². The molecule has 2 aromatic carbocycles. The summed E-state index contributed by atoms with van der Waals surface area (Å²) in [5.74, 6) is 0.940. The van der Waals surface area contributed by atoms with Crippen LogP contribution in [-0.4, -0.2) is 10.2 Å². The van der Waals surface area contributed by atoms with Crippen molar-refractivity contribution in [3.63, 3.8) is 0 Å². The van der Waals surface area contributed by atoms with Crippen LogP contribution < -0.4 is 10.3 Å². The molecule has 1 N–H and O–H groups in total. The van der Waals surface area contributed by atoms with E-state index in [-0.39, 0.29) is 16.7 Å². The molecule has 132 valence electrons. The molecule has 0 aliphatic rings. The van der Waals surface area contributed by atoms with E-state index in [2.05, 4.69) is 10.2 Å². The molecule has 0 unspecified atom stereocenters. The number of hydrogen-bond acceptors (Lipinski definition) is 5. The molecule has 0 aliphatic heterocycles. The maximum Gasteiger partial charge on any atom is 0.267 e. The summed E-state index contributed by atoms with van der Waals surface area (Å²) in [4.78, 5) is 11.5. The van der Waals surface area contributed by atoms with Gasteiger partial charge in [-0.1, -0.05) is 18.2 Å². The SMILES string of the molecule is Cc1ccc(Cc2cc(C)c(=O)[nH]n2)cc1Oc1cccc(C#N)c1C#N. The van der Waals surface area contributed by atoms with Gasteiger partial charge in [0.15, 0.2) is 0 Å². The average Bonchev–Trinajstić information content (AvgIpc) is 2.67. The summed E-state index contributed by atoms with van der Waals surface area (Å²) in [6.07, 6.45) is 0.525.